The number of carbonyl (C=O) groups excluding carboxylic acids is 1. The van der Waals surface area contributed by atoms with Crippen molar-refractivity contribution in [2.24, 2.45) is 0 Å². The van der Waals surface area contributed by atoms with Crippen molar-refractivity contribution in [2.45, 2.75) is 96.9 Å². The van der Waals surface area contributed by atoms with E-state index < -0.39 is 0 Å². The van der Waals surface area contributed by atoms with E-state index in [1.54, 1.807) is 0 Å². The molecular weight excluding hydrogens is 320 g/mol. The van der Waals surface area contributed by atoms with Crippen molar-refractivity contribution >= 4 is 11.7 Å². The van der Waals surface area contributed by atoms with Gasteiger partial charge in [0, 0.05) is 17.8 Å². The summed E-state index contributed by atoms with van der Waals surface area (Å²) >= 11 is 0. The normalized spacial score (nSPS) is 15.1. The number of nitrogens with zero attached hydrogens (tertiary/aromatic N) is 1. The highest BCUT2D eigenvalue weighted by Gasteiger charge is 2.39. The van der Waals surface area contributed by atoms with E-state index in [0.717, 1.165) is 25.1 Å². The first-order chi connectivity index (χ1) is 12.6. The minimum atomic E-state index is -0.147. The number of rotatable bonds is 11. The van der Waals surface area contributed by atoms with Crippen LogP contribution in [0.3, 0.4) is 0 Å². The summed E-state index contributed by atoms with van der Waals surface area (Å²) in [6, 6.07) is 8.32. The van der Waals surface area contributed by atoms with E-state index in [1.165, 1.54) is 63.4 Å². The second-order valence-electron chi connectivity index (χ2n) is 8.37. The number of urea groups is 1. The van der Waals surface area contributed by atoms with Crippen LogP contribution >= 0.6 is 0 Å². The van der Waals surface area contributed by atoms with Gasteiger partial charge in [0.25, 0.3) is 0 Å². The average molecular weight is 359 g/mol. The van der Waals surface area contributed by atoms with Gasteiger partial charge < -0.3 is 5.32 Å². The number of fused-ring (bicyclic) bond motifs is 1. The van der Waals surface area contributed by atoms with Crippen LogP contribution in [-0.2, 0) is 6.42 Å². The fourth-order valence-corrected chi connectivity index (χ4v) is 4.02. The highest BCUT2D eigenvalue weighted by Crippen LogP contribution is 2.38. The Morgan fingerprint density at radius 2 is 1.54 bits per heavy atom. The van der Waals surface area contributed by atoms with Gasteiger partial charge in [-0.3, -0.25) is 4.90 Å². The first-order valence-corrected chi connectivity index (χ1v) is 10.7. The SMILES string of the molecule is CCCCCCCCCCCCNC(=O)N1c2ccccc2CC1(C)C. The third kappa shape index (κ3) is 6.03. The Bertz CT molecular complexity index is 553. The summed E-state index contributed by atoms with van der Waals surface area (Å²) in [4.78, 5) is 14.6. The Kier molecular flexibility index (Phi) is 8.47. The van der Waals surface area contributed by atoms with Crippen LogP contribution in [0, 0.1) is 0 Å². The van der Waals surface area contributed by atoms with Gasteiger partial charge in [0.15, 0.2) is 0 Å². The highest BCUT2D eigenvalue weighted by atomic mass is 16.2. The van der Waals surface area contributed by atoms with Crippen LogP contribution in [0.25, 0.3) is 0 Å². The largest absolute Gasteiger partial charge is 0.338 e. The van der Waals surface area contributed by atoms with Crippen molar-refractivity contribution in [3.63, 3.8) is 0 Å². The molecule has 1 aromatic carbocycles. The first-order valence-electron chi connectivity index (χ1n) is 10.7. The molecule has 0 saturated carbocycles. The summed E-state index contributed by atoms with van der Waals surface area (Å²) < 4.78 is 0. The van der Waals surface area contributed by atoms with E-state index in [-0.39, 0.29) is 11.6 Å². The molecule has 0 spiro atoms. The Hall–Kier alpha value is -1.51. The number of unbranched alkanes of at least 4 members (excludes halogenated alkanes) is 9. The van der Waals surface area contributed by atoms with Crippen LogP contribution in [0.1, 0.15) is 90.5 Å². The molecule has 0 atom stereocenters. The number of hydrogen-bond acceptors (Lipinski definition) is 1. The highest BCUT2D eigenvalue weighted by molar-refractivity contribution is 5.95. The van der Waals surface area contributed by atoms with Crippen molar-refractivity contribution in [3.8, 4) is 0 Å². The van der Waals surface area contributed by atoms with Crippen molar-refractivity contribution in [2.75, 3.05) is 11.4 Å². The van der Waals surface area contributed by atoms with Crippen LogP contribution in [0.5, 0.6) is 0 Å². The monoisotopic (exact) mass is 358 g/mol. The molecule has 2 rings (SSSR count). The van der Waals surface area contributed by atoms with E-state index in [0.29, 0.717) is 0 Å². The third-order valence-corrected chi connectivity index (χ3v) is 5.47. The molecule has 0 saturated heterocycles. The van der Waals surface area contributed by atoms with Crippen LogP contribution in [0.4, 0.5) is 10.5 Å². The van der Waals surface area contributed by atoms with Crippen molar-refractivity contribution in [3.05, 3.63) is 29.8 Å². The zero-order valence-electron chi connectivity index (χ0n) is 17.2. The lowest BCUT2D eigenvalue weighted by atomic mass is 10.00. The summed E-state index contributed by atoms with van der Waals surface area (Å²) in [5, 5.41) is 3.13. The van der Waals surface area contributed by atoms with Crippen LogP contribution in [0.15, 0.2) is 24.3 Å². The molecule has 0 fully saturated rings. The lowest BCUT2D eigenvalue weighted by molar-refractivity contribution is 0.241. The van der Waals surface area contributed by atoms with Gasteiger partial charge in [-0.2, -0.15) is 0 Å². The third-order valence-electron chi connectivity index (χ3n) is 5.47. The van der Waals surface area contributed by atoms with Crippen LogP contribution < -0.4 is 10.2 Å². The van der Waals surface area contributed by atoms with Gasteiger partial charge in [-0.15, -0.1) is 0 Å². The number of benzene rings is 1. The quantitative estimate of drug-likeness (QED) is 0.452. The molecule has 26 heavy (non-hydrogen) atoms. The van der Waals surface area contributed by atoms with E-state index in [9.17, 15) is 4.79 Å². The zero-order chi connectivity index (χ0) is 18.8. The summed E-state index contributed by atoms with van der Waals surface area (Å²) in [6.45, 7) is 7.34. The Labute approximate surface area is 160 Å². The molecule has 3 heteroatoms. The van der Waals surface area contributed by atoms with E-state index in [1.807, 2.05) is 11.0 Å². The molecule has 0 aromatic heterocycles. The predicted molar refractivity (Wildman–Crippen MR) is 112 cm³/mol. The summed E-state index contributed by atoms with van der Waals surface area (Å²) in [6.07, 6.45) is 14.1. The Morgan fingerprint density at radius 1 is 0.962 bits per heavy atom. The van der Waals surface area contributed by atoms with E-state index >= 15 is 0 Å². The molecule has 0 unspecified atom stereocenters. The summed E-state index contributed by atoms with van der Waals surface area (Å²) in [5.74, 6) is 0. The average Bonchev–Trinajstić information content (AvgIpc) is 2.89. The maximum atomic E-state index is 12.7. The molecule has 3 nitrogen and oxygen atoms in total. The predicted octanol–water partition coefficient (Wildman–Crippen LogP) is 6.46. The Balaban J connectivity index is 1.59. The van der Waals surface area contributed by atoms with Gasteiger partial charge in [0.2, 0.25) is 0 Å². The maximum Gasteiger partial charge on any atom is 0.322 e. The fraction of sp³-hybridized carbons (Fsp3) is 0.696. The number of anilines is 1. The molecule has 1 heterocycles. The molecule has 146 valence electrons. The van der Waals surface area contributed by atoms with Crippen molar-refractivity contribution in [1.29, 1.82) is 0 Å². The van der Waals surface area contributed by atoms with Crippen molar-refractivity contribution in [1.82, 2.24) is 5.32 Å². The maximum absolute atomic E-state index is 12.7. The zero-order valence-corrected chi connectivity index (χ0v) is 17.2. The molecule has 2 amide bonds. The first kappa shape index (κ1) is 20.8. The van der Waals surface area contributed by atoms with Crippen molar-refractivity contribution < 1.29 is 4.79 Å². The van der Waals surface area contributed by atoms with Crippen LogP contribution in [0.2, 0.25) is 0 Å². The second-order valence-corrected chi connectivity index (χ2v) is 8.37. The van der Waals surface area contributed by atoms with Gasteiger partial charge in [0.05, 0.1) is 0 Å². The minimum absolute atomic E-state index is 0.0517. The topological polar surface area (TPSA) is 32.3 Å². The smallest absolute Gasteiger partial charge is 0.322 e. The lowest BCUT2D eigenvalue weighted by Gasteiger charge is -2.32. The molecule has 1 aliphatic rings. The number of hydrogen-bond donors (Lipinski definition) is 1. The second kappa shape index (κ2) is 10.6. The molecule has 1 aliphatic heterocycles. The van der Waals surface area contributed by atoms with Gasteiger partial charge in [-0.05, 0) is 38.3 Å². The lowest BCUT2D eigenvalue weighted by Crippen LogP contribution is -2.50. The minimum Gasteiger partial charge on any atom is -0.338 e. The number of para-hydroxylation sites is 1. The molecular formula is C23H38N2O. The molecule has 1 aromatic rings. The molecule has 0 bridgehead atoms. The van der Waals surface area contributed by atoms with Gasteiger partial charge >= 0.3 is 6.03 Å². The van der Waals surface area contributed by atoms with E-state index in [4.69, 9.17) is 0 Å². The van der Waals surface area contributed by atoms with E-state index in [2.05, 4.69) is 44.3 Å². The number of amides is 2. The van der Waals surface area contributed by atoms with Crippen LogP contribution in [-0.4, -0.2) is 18.1 Å². The van der Waals surface area contributed by atoms with Gasteiger partial charge in [-0.25, -0.2) is 4.79 Å². The standard InChI is InChI=1S/C23H38N2O/c1-4-5-6-7-8-9-10-11-12-15-18-24-22(26)25-21-17-14-13-16-20(21)19-23(25,2)3/h13-14,16-17H,4-12,15,18-19H2,1-3H3,(H,24,26). The summed E-state index contributed by atoms with van der Waals surface area (Å²) in [7, 11) is 0. The summed E-state index contributed by atoms with van der Waals surface area (Å²) in [5.41, 5.74) is 2.19. The Morgan fingerprint density at radius 3 is 2.19 bits per heavy atom. The number of nitrogens with one attached hydrogen (secondary N) is 1. The fourth-order valence-electron chi connectivity index (χ4n) is 4.02. The molecule has 0 aliphatic carbocycles. The van der Waals surface area contributed by atoms with Gasteiger partial charge in [0.1, 0.15) is 0 Å². The van der Waals surface area contributed by atoms with Gasteiger partial charge in [-0.1, -0.05) is 82.9 Å². The number of carbonyl (C=O) groups is 1. The molecule has 1 N–H and O–H groups in total. The molecule has 0 radical (unpaired) electrons.